The first-order valence-corrected chi connectivity index (χ1v) is 8.84. The lowest BCUT2D eigenvalue weighted by molar-refractivity contribution is 0.261. The zero-order valence-corrected chi connectivity index (χ0v) is 13.1. The monoisotopic (exact) mass is 296 g/mol. The van der Waals surface area contributed by atoms with Crippen LogP contribution in [-0.4, -0.2) is 32.4 Å². The van der Waals surface area contributed by atoms with Gasteiger partial charge in [-0.2, -0.15) is 4.31 Å². The van der Waals surface area contributed by atoms with Gasteiger partial charge in [0.2, 0.25) is 10.0 Å². The highest BCUT2D eigenvalue weighted by molar-refractivity contribution is 7.89. The molecule has 0 heterocycles. The molecule has 2 rings (SSSR count). The minimum atomic E-state index is -3.42. The molecule has 0 amide bonds. The fraction of sp³-hybridized carbons (Fsp3) is 0.600. The first-order valence-electron chi connectivity index (χ1n) is 7.40. The van der Waals surface area contributed by atoms with Gasteiger partial charge in [0.15, 0.2) is 0 Å². The Bertz CT molecular complexity index is 537. The molecule has 1 aliphatic carbocycles. The van der Waals surface area contributed by atoms with E-state index in [1.165, 1.54) is 6.42 Å². The Labute approximate surface area is 122 Å². The highest BCUT2D eigenvalue weighted by Crippen LogP contribution is 2.30. The summed E-state index contributed by atoms with van der Waals surface area (Å²) in [6.45, 7) is 2.46. The fourth-order valence-electron chi connectivity index (χ4n) is 3.02. The lowest BCUT2D eigenvalue weighted by Crippen LogP contribution is -2.41. The van der Waals surface area contributed by atoms with Crippen molar-refractivity contribution in [2.45, 2.75) is 50.0 Å². The maximum Gasteiger partial charge on any atom is 0.245 e. The van der Waals surface area contributed by atoms with Crippen LogP contribution in [0, 0.1) is 0 Å². The van der Waals surface area contributed by atoms with Crippen molar-refractivity contribution in [2.24, 2.45) is 0 Å². The third-order valence-corrected chi connectivity index (χ3v) is 6.12. The van der Waals surface area contributed by atoms with Crippen LogP contribution in [0.5, 0.6) is 0 Å². The Morgan fingerprint density at radius 1 is 1.20 bits per heavy atom. The van der Waals surface area contributed by atoms with Crippen molar-refractivity contribution < 1.29 is 8.42 Å². The van der Waals surface area contributed by atoms with E-state index in [4.69, 9.17) is 0 Å². The van der Waals surface area contributed by atoms with E-state index in [-0.39, 0.29) is 6.04 Å². The van der Waals surface area contributed by atoms with Gasteiger partial charge in [0, 0.05) is 19.6 Å². The van der Waals surface area contributed by atoms with Gasteiger partial charge in [0.05, 0.1) is 5.69 Å². The molecule has 112 valence electrons. The van der Waals surface area contributed by atoms with Crippen LogP contribution in [0.3, 0.4) is 0 Å². The lowest BCUT2D eigenvalue weighted by Gasteiger charge is -2.33. The van der Waals surface area contributed by atoms with Crippen LogP contribution in [0.1, 0.15) is 39.0 Å². The number of hydrogen-bond donors (Lipinski definition) is 1. The molecule has 1 aromatic carbocycles. The second kappa shape index (κ2) is 6.59. The number of benzene rings is 1. The Morgan fingerprint density at radius 2 is 1.85 bits per heavy atom. The quantitative estimate of drug-likeness (QED) is 0.908. The number of nitrogens with zero attached hydrogens (tertiary/aromatic N) is 1. The first kappa shape index (κ1) is 15.3. The van der Waals surface area contributed by atoms with Crippen molar-refractivity contribution in [3.8, 4) is 0 Å². The van der Waals surface area contributed by atoms with Crippen LogP contribution in [-0.2, 0) is 10.0 Å². The van der Waals surface area contributed by atoms with Crippen LogP contribution in [0.25, 0.3) is 0 Å². The molecular formula is C15H24N2O2S. The summed E-state index contributed by atoms with van der Waals surface area (Å²) in [4.78, 5) is 0.384. The molecule has 0 aromatic heterocycles. The van der Waals surface area contributed by atoms with E-state index in [0.29, 0.717) is 17.1 Å². The Hall–Kier alpha value is -1.07. The molecule has 5 heteroatoms. The largest absolute Gasteiger partial charge is 0.387 e. The maximum absolute atomic E-state index is 12.9. The summed E-state index contributed by atoms with van der Waals surface area (Å²) in [6.07, 6.45) is 5.44. The molecule has 0 saturated heterocycles. The van der Waals surface area contributed by atoms with Crippen molar-refractivity contribution in [1.29, 1.82) is 0 Å². The van der Waals surface area contributed by atoms with Crippen LogP contribution >= 0.6 is 0 Å². The number of hydrogen-bond acceptors (Lipinski definition) is 3. The highest BCUT2D eigenvalue weighted by Gasteiger charge is 2.32. The highest BCUT2D eigenvalue weighted by atomic mass is 32.2. The van der Waals surface area contributed by atoms with E-state index < -0.39 is 10.0 Å². The Balaban J connectivity index is 2.35. The summed E-state index contributed by atoms with van der Waals surface area (Å²) in [5.41, 5.74) is 0.668. The lowest BCUT2D eigenvalue weighted by atomic mass is 9.95. The molecule has 0 atom stereocenters. The molecule has 0 radical (unpaired) electrons. The predicted molar refractivity (Wildman–Crippen MR) is 82.4 cm³/mol. The zero-order chi connectivity index (χ0) is 14.6. The minimum absolute atomic E-state index is 0.156. The van der Waals surface area contributed by atoms with Gasteiger partial charge >= 0.3 is 0 Å². The second-order valence-electron chi connectivity index (χ2n) is 5.25. The van der Waals surface area contributed by atoms with E-state index in [0.717, 1.165) is 25.7 Å². The molecule has 1 saturated carbocycles. The van der Waals surface area contributed by atoms with Gasteiger partial charge in [-0.25, -0.2) is 8.42 Å². The van der Waals surface area contributed by atoms with Gasteiger partial charge in [0.1, 0.15) is 4.90 Å². The van der Waals surface area contributed by atoms with Crippen LogP contribution in [0.15, 0.2) is 29.2 Å². The van der Waals surface area contributed by atoms with E-state index in [1.807, 2.05) is 19.1 Å². The standard InChI is InChI=1S/C15H24N2O2S/c1-3-17(13-9-5-4-6-10-13)20(18,19)15-12-8-7-11-14(15)16-2/h7-8,11-13,16H,3-6,9-10H2,1-2H3. The number of rotatable bonds is 5. The SMILES string of the molecule is CCN(C1CCCCC1)S(=O)(=O)c1ccccc1NC. The molecule has 0 spiro atoms. The van der Waals surface area contributed by atoms with Gasteiger partial charge < -0.3 is 5.32 Å². The Morgan fingerprint density at radius 3 is 2.45 bits per heavy atom. The molecule has 1 aromatic rings. The maximum atomic E-state index is 12.9. The summed E-state index contributed by atoms with van der Waals surface area (Å²) in [5, 5.41) is 2.98. The topological polar surface area (TPSA) is 49.4 Å². The molecule has 20 heavy (non-hydrogen) atoms. The zero-order valence-electron chi connectivity index (χ0n) is 12.3. The van der Waals surface area contributed by atoms with Crippen molar-refractivity contribution in [3.63, 3.8) is 0 Å². The first-order chi connectivity index (χ1) is 9.61. The molecule has 0 aliphatic heterocycles. The van der Waals surface area contributed by atoms with Gasteiger partial charge in [-0.1, -0.05) is 38.3 Å². The van der Waals surface area contributed by atoms with Gasteiger partial charge in [-0.15, -0.1) is 0 Å². The Kier molecular flexibility index (Phi) is 5.05. The summed E-state index contributed by atoms with van der Waals surface area (Å²) in [6, 6.07) is 7.28. The van der Waals surface area contributed by atoms with Crippen molar-refractivity contribution in [1.82, 2.24) is 4.31 Å². The summed E-state index contributed by atoms with van der Waals surface area (Å²) >= 11 is 0. The number of para-hydroxylation sites is 1. The summed E-state index contributed by atoms with van der Waals surface area (Å²) < 4.78 is 27.5. The average molecular weight is 296 g/mol. The van der Waals surface area contributed by atoms with Gasteiger partial charge in [0.25, 0.3) is 0 Å². The predicted octanol–water partition coefficient (Wildman–Crippen LogP) is 3.07. The molecule has 1 aliphatic rings. The summed E-state index contributed by atoms with van der Waals surface area (Å²) in [5.74, 6) is 0. The average Bonchev–Trinajstić information content (AvgIpc) is 2.48. The second-order valence-corrected chi connectivity index (χ2v) is 7.11. The van der Waals surface area contributed by atoms with Crippen LogP contribution in [0.4, 0.5) is 5.69 Å². The van der Waals surface area contributed by atoms with E-state index >= 15 is 0 Å². The van der Waals surface area contributed by atoms with E-state index in [2.05, 4.69) is 5.32 Å². The molecule has 0 unspecified atom stereocenters. The number of nitrogens with one attached hydrogen (secondary N) is 1. The van der Waals surface area contributed by atoms with Gasteiger partial charge in [-0.3, -0.25) is 0 Å². The minimum Gasteiger partial charge on any atom is -0.387 e. The van der Waals surface area contributed by atoms with Crippen LogP contribution in [0.2, 0.25) is 0 Å². The smallest absolute Gasteiger partial charge is 0.245 e. The van der Waals surface area contributed by atoms with Crippen molar-refractivity contribution in [3.05, 3.63) is 24.3 Å². The van der Waals surface area contributed by atoms with Crippen LogP contribution < -0.4 is 5.32 Å². The molecule has 1 N–H and O–H groups in total. The third-order valence-electron chi connectivity index (χ3n) is 4.04. The number of anilines is 1. The summed E-state index contributed by atoms with van der Waals surface area (Å²) in [7, 11) is -1.67. The number of sulfonamides is 1. The van der Waals surface area contributed by atoms with Gasteiger partial charge in [-0.05, 0) is 25.0 Å². The molecule has 0 bridgehead atoms. The fourth-order valence-corrected chi connectivity index (χ4v) is 4.91. The van der Waals surface area contributed by atoms with E-state index in [9.17, 15) is 8.42 Å². The van der Waals surface area contributed by atoms with E-state index in [1.54, 1.807) is 23.5 Å². The molecule has 4 nitrogen and oxygen atoms in total. The van der Waals surface area contributed by atoms with Crippen molar-refractivity contribution >= 4 is 15.7 Å². The normalized spacial score (nSPS) is 17.4. The molecular weight excluding hydrogens is 272 g/mol. The third kappa shape index (κ3) is 2.99. The van der Waals surface area contributed by atoms with Crippen molar-refractivity contribution in [2.75, 3.05) is 18.9 Å². The molecule has 1 fully saturated rings.